The summed E-state index contributed by atoms with van der Waals surface area (Å²) in [6.45, 7) is 1.46. The van der Waals surface area contributed by atoms with Crippen molar-refractivity contribution < 1.29 is 18.3 Å². The minimum Gasteiger partial charge on any atom is -0.455 e. The molecular formula is C29H20ClFN4O3S. The monoisotopic (exact) mass is 558 g/mol. The van der Waals surface area contributed by atoms with Crippen molar-refractivity contribution in [2.24, 2.45) is 0 Å². The topological polar surface area (TPSA) is 81.4 Å². The number of benzene rings is 3. The summed E-state index contributed by atoms with van der Waals surface area (Å²) in [5, 5.41) is 9.81. The van der Waals surface area contributed by atoms with Crippen LogP contribution in [0.15, 0.2) is 94.5 Å². The molecule has 0 saturated carbocycles. The van der Waals surface area contributed by atoms with E-state index in [1.165, 1.54) is 35.7 Å². The normalized spacial score (nSPS) is 14.2. The Labute approximate surface area is 232 Å². The number of nitrogens with zero attached hydrogens (tertiary/aromatic N) is 4. The zero-order valence-electron chi connectivity index (χ0n) is 20.5. The molecule has 6 rings (SSSR count). The number of fused-ring (bicyclic) bond motifs is 3. The van der Waals surface area contributed by atoms with Crippen LogP contribution in [0.4, 0.5) is 10.1 Å². The van der Waals surface area contributed by atoms with Gasteiger partial charge in [-0.1, -0.05) is 59.8 Å². The summed E-state index contributed by atoms with van der Waals surface area (Å²) < 4.78 is 26.0. The van der Waals surface area contributed by atoms with Gasteiger partial charge in [-0.3, -0.25) is 9.69 Å². The Morgan fingerprint density at radius 3 is 2.56 bits per heavy atom. The van der Waals surface area contributed by atoms with Crippen LogP contribution in [0.5, 0.6) is 5.88 Å². The second-order valence-corrected chi connectivity index (χ2v) is 10.1. The van der Waals surface area contributed by atoms with Gasteiger partial charge in [-0.2, -0.15) is 4.98 Å². The zero-order valence-corrected chi connectivity index (χ0v) is 22.1. The first-order valence-corrected chi connectivity index (χ1v) is 13.4. The lowest BCUT2D eigenvalue weighted by atomic mass is 10.1. The molecule has 2 aromatic heterocycles. The van der Waals surface area contributed by atoms with Crippen molar-refractivity contribution in [3.05, 3.63) is 107 Å². The van der Waals surface area contributed by atoms with Crippen LogP contribution in [0.2, 0.25) is 5.02 Å². The predicted octanol–water partition coefficient (Wildman–Crippen LogP) is 7.33. The lowest BCUT2D eigenvalue weighted by Gasteiger charge is -2.28. The van der Waals surface area contributed by atoms with Crippen LogP contribution in [-0.2, 0) is 10.5 Å². The van der Waals surface area contributed by atoms with Gasteiger partial charge < -0.3 is 9.15 Å². The summed E-state index contributed by atoms with van der Waals surface area (Å²) in [5.74, 6) is 1.03. The maximum atomic E-state index is 13.4. The van der Waals surface area contributed by atoms with Crippen LogP contribution in [-0.4, -0.2) is 21.1 Å². The highest BCUT2D eigenvalue weighted by atomic mass is 35.5. The first-order chi connectivity index (χ1) is 19.0. The summed E-state index contributed by atoms with van der Waals surface area (Å²) in [4.78, 5) is 19.2. The summed E-state index contributed by atoms with van der Waals surface area (Å²) in [6, 6.07) is 24.4. The Morgan fingerprint density at radius 1 is 1.00 bits per heavy atom. The molecule has 1 unspecified atom stereocenters. The molecule has 194 valence electrons. The van der Waals surface area contributed by atoms with Crippen LogP contribution < -0.4 is 9.64 Å². The Bertz CT molecular complexity index is 1680. The van der Waals surface area contributed by atoms with Crippen molar-refractivity contribution in [1.82, 2.24) is 15.2 Å². The molecule has 0 saturated heterocycles. The van der Waals surface area contributed by atoms with Gasteiger partial charge in [0, 0.05) is 28.8 Å². The Hall–Kier alpha value is -4.21. The van der Waals surface area contributed by atoms with E-state index in [-0.39, 0.29) is 17.6 Å². The maximum Gasteiger partial charge on any atom is 0.247 e. The molecule has 3 heterocycles. The molecule has 39 heavy (non-hydrogen) atoms. The van der Waals surface area contributed by atoms with Crippen molar-refractivity contribution in [2.45, 2.75) is 24.1 Å². The first kappa shape index (κ1) is 25.1. The number of para-hydroxylation sites is 1. The zero-order chi connectivity index (χ0) is 26.9. The van der Waals surface area contributed by atoms with Crippen LogP contribution in [0, 0.1) is 5.82 Å². The Kier molecular flexibility index (Phi) is 6.76. The number of aromatic nitrogens is 3. The number of hydrogen-bond acceptors (Lipinski definition) is 7. The number of amides is 1. The van der Waals surface area contributed by atoms with E-state index < -0.39 is 6.23 Å². The smallest absolute Gasteiger partial charge is 0.247 e. The molecule has 0 radical (unpaired) electrons. The van der Waals surface area contributed by atoms with E-state index in [0.29, 0.717) is 50.0 Å². The van der Waals surface area contributed by atoms with E-state index in [1.807, 2.05) is 48.5 Å². The number of thioether (sulfide) groups is 1. The fourth-order valence-electron chi connectivity index (χ4n) is 4.31. The molecular weight excluding hydrogens is 539 g/mol. The molecule has 0 fully saturated rings. The van der Waals surface area contributed by atoms with Gasteiger partial charge in [-0.25, -0.2) is 4.39 Å². The number of furan rings is 1. The summed E-state index contributed by atoms with van der Waals surface area (Å²) in [5.41, 5.74) is 3.28. The maximum absolute atomic E-state index is 13.4. The van der Waals surface area contributed by atoms with Crippen molar-refractivity contribution >= 4 is 35.0 Å². The largest absolute Gasteiger partial charge is 0.455 e. The van der Waals surface area contributed by atoms with Gasteiger partial charge in [0.05, 0.1) is 5.69 Å². The first-order valence-electron chi connectivity index (χ1n) is 12.0. The molecule has 7 nitrogen and oxygen atoms in total. The lowest BCUT2D eigenvalue weighted by molar-refractivity contribution is -0.118. The minimum atomic E-state index is -0.975. The van der Waals surface area contributed by atoms with E-state index in [2.05, 4.69) is 15.2 Å². The molecule has 5 aromatic rings. The predicted molar refractivity (Wildman–Crippen MR) is 147 cm³/mol. The Morgan fingerprint density at radius 2 is 1.77 bits per heavy atom. The quantitative estimate of drug-likeness (QED) is 0.209. The van der Waals surface area contributed by atoms with E-state index in [4.69, 9.17) is 20.8 Å². The molecule has 10 heteroatoms. The van der Waals surface area contributed by atoms with Gasteiger partial charge in [-0.05, 0) is 54.1 Å². The summed E-state index contributed by atoms with van der Waals surface area (Å²) in [6.07, 6.45) is -0.975. The summed E-state index contributed by atoms with van der Waals surface area (Å²) in [7, 11) is 0. The van der Waals surface area contributed by atoms with Crippen molar-refractivity contribution in [2.75, 3.05) is 4.90 Å². The summed E-state index contributed by atoms with van der Waals surface area (Å²) >= 11 is 7.68. The fraction of sp³-hybridized carbons (Fsp3) is 0.103. The third-order valence-corrected chi connectivity index (χ3v) is 7.42. The number of carbonyl (C=O) groups is 1. The van der Waals surface area contributed by atoms with Crippen LogP contribution in [0.3, 0.4) is 0 Å². The molecule has 1 aliphatic rings. The Balaban J connectivity index is 1.40. The third kappa shape index (κ3) is 4.98. The van der Waals surface area contributed by atoms with Crippen molar-refractivity contribution in [1.29, 1.82) is 0 Å². The third-order valence-electron chi connectivity index (χ3n) is 6.16. The number of rotatable bonds is 5. The molecule has 3 aromatic carbocycles. The van der Waals surface area contributed by atoms with Gasteiger partial charge in [0.15, 0.2) is 11.5 Å². The fourth-order valence-corrected chi connectivity index (χ4v) is 5.38. The van der Waals surface area contributed by atoms with Crippen LogP contribution in [0.25, 0.3) is 22.6 Å². The van der Waals surface area contributed by atoms with E-state index in [0.717, 1.165) is 5.56 Å². The number of ether oxygens (including phenoxy) is 1. The van der Waals surface area contributed by atoms with Crippen molar-refractivity contribution in [3.63, 3.8) is 0 Å². The number of anilines is 1. The molecule has 1 amide bonds. The standard InChI is InChI=1S/C29H20ClFN4O3S/c1-17(36)35-23-9-5-3-7-21(23)26-27(32-29(34-33-26)39-16-19-6-2-4-8-22(19)30)38-28(35)25-15-14-24(37-25)18-10-12-20(31)13-11-18/h2-15,28H,16H2,1H3. The molecule has 1 aliphatic heterocycles. The average Bonchev–Trinajstić information content (AvgIpc) is 3.38. The van der Waals surface area contributed by atoms with Crippen molar-refractivity contribution in [3.8, 4) is 28.5 Å². The molecule has 0 spiro atoms. The van der Waals surface area contributed by atoms with Crippen LogP contribution >= 0.6 is 23.4 Å². The highest BCUT2D eigenvalue weighted by Gasteiger charge is 2.36. The molecule has 0 N–H and O–H groups in total. The SMILES string of the molecule is CC(=O)N1c2ccccc2-c2nnc(SCc3ccccc3Cl)nc2OC1c1ccc(-c2ccc(F)cc2)o1. The average molecular weight is 559 g/mol. The highest BCUT2D eigenvalue weighted by molar-refractivity contribution is 7.98. The van der Waals surface area contributed by atoms with Gasteiger partial charge in [0.2, 0.25) is 23.2 Å². The van der Waals surface area contributed by atoms with Crippen LogP contribution in [0.1, 0.15) is 24.5 Å². The molecule has 0 bridgehead atoms. The molecule has 1 atom stereocenters. The second kappa shape index (κ2) is 10.5. The highest BCUT2D eigenvalue weighted by Crippen LogP contribution is 2.44. The van der Waals surface area contributed by atoms with E-state index >= 15 is 0 Å². The molecule has 0 aliphatic carbocycles. The van der Waals surface area contributed by atoms with E-state index in [9.17, 15) is 9.18 Å². The second-order valence-electron chi connectivity index (χ2n) is 8.71. The lowest BCUT2D eigenvalue weighted by Crippen LogP contribution is -2.35. The number of carbonyl (C=O) groups excluding carboxylic acids is 1. The van der Waals surface area contributed by atoms with Gasteiger partial charge in [0.25, 0.3) is 0 Å². The van der Waals surface area contributed by atoms with Gasteiger partial charge in [0.1, 0.15) is 11.6 Å². The number of halogens is 2. The number of hydrogen-bond donors (Lipinski definition) is 0. The van der Waals surface area contributed by atoms with Gasteiger partial charge in [-0.15, -0.1) is 10.2 Å². The van der Waals surface area contributed by atoms with E-state index in [1.54, 1.807) is 24.3 Å². The van der Waals surface area contributed by atoms with Gasteiger partial charge >= 0.3 is 0 Å². The minimum absolute atomic E-state index is 0.215.